The van der Waals surface area contributed by atoms with Crippen molar-refractivity contribution in [2.75, 3.05) is 25.0 Å². The van der Waals surface area contributed by atoms with Crippen molar-refractivity contribution < 1.29 is 4.79 Å². The van der Waals surface area contributed by atoms with Gasteiger partial charge < -0.3 is 5.32 Å². The van der Waals surface area contributed by atoms with E-state index in [2.05, 4.69) is 23.2 Å². The fourth-order valence-electron chi connectivity index (χ4n) is 3.75. The number of thiophene rings is 1. The molecule has 1 amide bonds. The maximum Gasteiger partial charge on any atom is 0.239 e. The van der Waals surface area contributed by atoms with Gasteiger partial charge in [-0.3, -0.25) is 9.69 Å². The summed E-state index contributed by atoms with van der Waals surface area (Å²) in [5.74, 6) is 0.691. The molecule has 1 saturated heterocycles. The van der Waals surface area contributed by atoms with Crippen LogP contribution >= 0.6 is 11.3 Å². The summed E-state index contributed by atoms with van der Waals surface area (Å²) >= 11 is 1.62. The summed E-state index contributed by atoms with van der Waals surface area (Å²) in [4.78, 5) is 15.9. The van der Waals surface area contributed by atoms with Crippen LogP contribution in [0, 0.1) is 17.2 Å². The van der Waals surface area contributed by atoms with Crippen LogP contribution in [0.2, 0.25) is 0 Å². The topological polar surface area (TPSA) is 56.1 Å². The Kier molecular flexibility index (Phi) is 5.34. The largest absolute Gasteiger partial charge is 0.315 e. The molecule has 1 aliphatic heterocycles. The third-order valence-corrected chi connectivity index (χ3v) is 6.10. The minimum absolute atomic E-state index is 0.0204. The smallest absolute Gasteiger partial charge is 0.239 e. The van der Waals surface area contributed by atoms with Crippen molar-refractivity contribution in [3.63, 3.8) is 0 Å². The van der Waals surface area contributed by atoms with Gasteiger partial charge in [-0.25, -0.2) is 0 Å². The first kappa shape index (κ1) is 16.5. The average molecular weight is 331 g/mol. The summed E-state index contributed by atoms with van der Waals surface area (Å²) in [7, 11) is 0. The Hall–Kier alpha value is -1.38. The Morgan fingerprint density at radius 1 is 1.35 bits per heavy atom. The molecular weight excluding hydrogens is 306 g/mol. The highest BCUT2D eigenvalue weighted by Gasteiger charge is 2.23. The number of piperidine rings is 1. The van der Waals surface area contributed by atoms with Crippen LogP contribution in [0.4, 0.5) is 5.00 Å². The van der Waals surface area contributed by atoms with Gasteiger partial charge >= 0.3 is 0 Å². The van der Waals surface area contributed by atoms with E-state index in [0.29, 0.717) is 18.0 Å². The molecule has 0 aromatic carbocycles. The van der Waals surface area contributed by atoms with Gasteiger partial charge in [0, 0.05) is 11.4 Å². The second-order valence-corrected chi connectivity index (χ2v) is 8.02. The lowest BCUT2D eigenvalue weighted by Gasteiger charge is -2.30. The molecule has 4 nitrogen and oxygen atoms in total. The van der Waals surface area contributed by atoms with E-state index < -0.39 is 0 Å². The highest BCUT2D eigenvalue weighted by atomic mass is 32.1. The summed E-state index contributed by atoms with van der Waals surface area (Å²) in [6, 6.07) is 2.33. The molecule has 1 aromatic rings. The molecule has 23 heavy (non-hydrogen) atoms. The lowest BCUT2D eigenvalue weighted by Crippen LogP contribution is -2.39. The highest BCUT2D eigenvalue weighted by molar-refractivity contribution is 7.16. The van der Waals surface area contributed by atoms with E-state index in [-0.39, 0.29) is 5.91 Å². The Balaban J connectivity index is 1.67. The van der Waals surface area contributed by atoms with Gasteiger partial charge in [0.2, 0.25) is 5.91 Å². The number of carbonyl (C=O) groups excluding carboxylic acids is 1. The Labute approximate surface area is 142 Å². The molecule has 0 bridgehead atoms. The number of likely N-dealkylation sites (tertiary alicyclic amines) is 1. The molecule has 124 valence electrons. The van der Waals surface area contributed by atoms with Crippen molar-refractivity contribution in [2.45, 2.75) is 51.9 Å². The highest BCUT2D eigenvalue weighted by Crippen LogP contribution is 2.36. The Morgan fingerprint density at radius 3 is 2.96 bits per heavy atom. The summed E-state index contributed by atoms with van der Waals surface area (Å²) in [6.07, 6.45) is 8.04. The molecule has 1 N–H and O–H groups in total. The number of amides is 1. The molecule has 2 heterocycles. The van der Waals surface area contributed by atoms with Crippen molar-refractivity contribution in [3.8, 4) is 6.07 Å². The van der Waals surface area contributed by atoms with Gasteiger partial charge in [0.15, 0.2) is 0 Å². The zero-order chi connectivity index (χ0) is 16.2. The van der Waals surface area contributed by atoms with Gasteiger partial charge in [-0.1, -0.05) is 13.3 Å². The van der Waals surface area contributed by atoms with E-state index >= 15 is 0 Å². The van der Waals surface area contributed by atoms with Crippen molar-refractivity contribution in [1.29, 1.82) is 5.26 Å². The van der Waals surface area contributed by atoms with E-state index in [1.54, 1.807) is 11.3 Å². The van der Waals surface area contributed by atoms with Gasteiger partial charge in [0.1, 0.15) is 11.1 Å². The van der Waals surface area contributed by atoms with Crippen molar-refractivity contribution in [3.05, 3.63) is 16.0 Å². The molecular formula is C18H25N3OS. The number of anilines is 1. The fourth-order valence-corrected chi connectivity index (χ4v) is 5.00. The predicted octanol–water partition coefficient (Wildman–Crippen LogP) is 3.56. The van der Waals surface area contributed by atoms with Crippen LogP contribution in [0.1, 0.15) is 55.0 Å². The van der Waals surface area contributed by atoms with Crippen LogP contribution in [0.5, 0.6) is 0 Å². The van der Waals surface area contributed by atoms with Gasteiger partial charge in [-0.15, -0.1) is 11.3 Å². The van der Waals surface area contributed by atoms with E-state index in [1.165, 1.54) is 36.1 Å². The molecule has 1 aromatic heterocycles. The number of nitrogens with zero attached hydrogens (tertiary/aromatic N) is 2. The van der Waals surface area contributed by atoms with Gasteiger partial charge in [-0.2, -0.15) is 5.26 Å². The number of aryl methyl sites for hydroxylation is 1. The molecule has 3 rings (SSSR count). The van der Waals surface area contributed by atoms with Crippen molar-refractivity contribution >= 4 is 22.2 Å². The quantitative estimate of drug-likeness (QED) is 0.862. The molecule has 1 atom stereocenters. The van der Waals surface area contributed by atoms with Crippen LogP contribution in [-0.2, 0) is 17.6 Å². The zero-order valence-corrected chi connectivity index (χ0v) is 14.7. The molecule has 5 heteroatoms. The molecule has 0 spiro atoms. The minimum atomic E-state index is 0.0204. The first-order valence-electron chi connectivity index (χ1n) is 8.74. The van der Waals surface area contributed by atoms with Crippen LogP contribution in [0.3, 0.4) is 0 Å². The van der Waals surface area contributed by atoms with E-state index in [9.17, 15) is 10.1 Å². The average Bonchev–Trinajstić information content (AvgIpc) is 2.67. The minimum Gasteiger partial charge on any atom is -0.315 e. The summed E-state index contributed by atoms with van der Waals surface area (Å²) in [5.41, 5.74) is 1.91. The normalized spacial score (nSPS) is 22.0. The number of nitriles is 1. The first-order valence-corrected chi connectivity index (χ1v) is 9.56. The summed E-state index contributed by atoms with van der Waals surface area (Å²) < 4.78 is 0. The number of nitrogens with one attached hydrogen (secondary N) is 1. The monoisotopic (exact) mass is 331 g/mol. The van der Waals surface area contributed by atoms with Gasteiger partial charge in [0.05, 0.1) is 12.1 Å². The Morgan fingerprint density at radius 2 is 2.17 bits per heavy atom. The molecule has 1 fully saturated rings. The number of hydrogen-bond acceptors (Lipinski definition) is 4. The van der Waals surface area contributed by atoms with E-state index in [4.69, 9.17) is 0 Å². The van der Waals surface area contributed by atoms with Crippen LogP contribution < -0.4 is 5.32 Å². The molecule has 1 unspecified atom stereocenters. The third kappa shape index (κ3) is 3.94. The maximum atomic E-state index is 12.4. The number of rotatable bonds is 3. The Bertz CT molecular complexity index is 617. The van der Waals surface area contributed by atoms with E-state index in [0.717, 1.165) is 37.4 Å². The van der Waals surface area contributed by atoms with Crippen LogP contribution in [0.15, 0.2) is 0 Å². The third-order valence-electron chi connectivity index (χ3n) is 4.89. The standard InChI is InChI=1S/C18H25N3OS/c1-13-6-5-9-21(11-13)12-17(22)20-18-15(10-19)14-7-3-2-4-8-16(14)23-18/h13H,2-9,11-12H2,1H3,(H,20,22). The zero-order valence-electron chi connectivity index (χ0n) is 13.9. The van der Waals surface area contributed by atoms with Crippen molar-refractivity contribution in [1.82, 2.24) is 4.90 Å². The second kappa shape index (κ2) is 7.46. The molecule has 0 radical (unpaired) electrons. The molecule has 0 saturated carbocycles. The van der Waals surface area contributed by atoms with Crippen LogP contribution in [-0.4, -0.2) is 30.4 Å². The fraction of sp³-hybridized carbons (Fsp3) is 0.667. The summed E-state index contributed by atoms with van der Waals surface area (Å²) in [6.45, 7) is 4.69. The number of fused-ring (bicyclic) bond motifs is 1. The van der Waals surface area contributed by atoms with Gasteiger partial charge in [0.25, 0.3) is 0 Å². The SMILES string of the molecule is CC1CCCN(CC(=O)Nc2sc3c(c2C#N)CCCCC3)C1. The lowest BCUT2D eigenvalue weighted by atomic mass is 10.0. The number of hydrogen-bond donors (Lipinski definition) is 1. The molecule has 1 aliphatic carbocycles. The van der Waals surface area contributed by atoms with Crippen LogP contribution in [0.25, 0.3) is 0 Å². The summed E-state index contributed by atoms with van der Waals surface area (Å²) in [5, 5.41) is 13.3. The second-order valence-electron chi connectivity index (χ2n) is 6.91. The molecule has 2 aliphatic rings. The predicted molar refractivity (Wildman–Crippen MR) is 93.8 cm³/mol. The number of carbonyl (C=O) groups is 1. The lowest BCUT2D eigenvalue weighted by molar-refractivity contribution is -0.117. The maximum absolute atomic E-state index is 12.4. The van der Waals surface area contributed by atoms with E-state index in [1.807, 2.05) is 0 Å². The van der Waals surface area contributed by atoms with Crippen molar-refractivity contribution in [2.24, 2.45) is 5.92 Å². The first-order chi connectivity index (χ1) is 11.2. The van der Waals surface area contributed by atoms with Gasteiger partial charge in [-0.05, 0) is 56.6 Å².